The Balaban J connectivity index is 1.58. The van der Waals surface area contributed by atoms with Gasteiger partial charge >= 0.3 is 5.69 Å². The minimum atomic E-state index is -0.466. The van der Waals surface area contributed by atoms with Crippen molar-refractivity contribution < 1.29 is 14.5 Å². The van der Waals surface area contributed by atoms with Crippen molar-refractivity contribution in [2.75, 3.05) is 0 Å². The van der Waals surface area contributed by atoms with Crippen molar-refractivity contribution in [2.24, 2.45) is 0 Å². The maximum atomic E-state index is 12.3. The highest BCUT2D eigenvalue weighted by molar-refractivity contribution is 7.12. The average Bonchev–Trinajstić information content (AvgIpc) is 3.10. The highest BCUT2D eigenvalue weighted by atomic mass is 32.1. The Labute approximate surface area is 150 Å². The van der Waals surface area contributed by atoms with Gasteiger partial charge in [-0.3, -0.25) is 14.9 Å². The fraction of sp³-hybridized carbons (Fsp3) is 0.389. The zero-order chi connectivity index (χ0) is 17.6. The fourth-order valence-corrected chi connectivity index (χ4v) is 3.76. The molecule has 1 aliphatic carbocycles. The van der Waals surface area contributed by atoms with Gasteiger partial charge in [0.1, 0.15) is 6.61 Å². The predicted octanol–water partition coefficient (Wildman–Crippen LogP) is 4.30. The van der Waals surface area contributed by atoms with Crippen molar-refractivity contribution in [3.8, 4) is 5.75 Å². The maximum absolute atomic E-state index is 12.3. The van der Waals surface area contributed by atoms with E-state index in [0.29, 0.717) is 4.88 Å². The van der Waals surface area contributed by atoms with Gasteiger partial charge in [0, 0.05) is 17.7 Å². The largest absolute Gasteiger partial charge is 0.482 e. The van der Waals surface area contributed by atoms with Gasteiger partial charge < -0.3 is 10.1 Å². The van der Waals surface area contributed by atoms with Crippen LogP contribution in [-0.4, -0.2) is 16.9 Å². The summed E-state index contributed by atoms with van der Waals surface area (Å²) in [7, 11) is 0. The third kappa shape index (κ3) is 4.57. The van der Waals surface area contributed by atoms with Crippen molar-refractivity contribution in [3.05, 3.63) is 56.3 Å². The Hall–Kier alpha value is -2.41. The number of carbonyl (C=O) groups excluding carboxylic acids is 1. The Morgan fingerprint density at radius 2 is 2.04 bits per heavy atom. The number of hydrogen-bond donors (Lipinski definition) is 1. The maximum Gasteiger partial charge on any atom is 0.310 e. The van der Waals surface area contributed by atoms with Crippen molar-refractivity contribution in [1.82, 2.24) is 5.32 Å². The number of thiophene rings is 1. The number of nitrogens with zero attached hydrogens (tertiary/aromatic N) is 1. The topological polar surface area (TPSA) is 81.5 Å². The summed E-state index contributed by atoms with van der Waals surface area (Å²) in [5, 5.41) is 15.9. The van der Waals surface area contributed by atoms with E-state index in [0.717, 1.165) is 18.4 Å². The summed E-state index contributed by atoms with van der Waals surface area (Å²) in [6.45, 7) is 0.193. The molecule has 0 bridgehead atoms. The lowest BCUT2D eigenvalue weighted by Crippen LogP contribution is -2.35. The first-order chi connectivity index (χ1) is 12.1. The van der Waals surface area contributed by atoms with Crippen LogP contribution in [-0.2, 0) is 6.61 Å². The number of hydrogen-bond acceptors (Lipinski definition) is 5. The van der Waals surface area contributed by atoms with Gasteiger partial charge in [0.2, 0.25) is 0 Å². The summed E-state index contributed by atoms with van der Waals surface area (Å²) in [5.74, 6) is 0.181. The van der Waals surface area contributed by atoms with E-state index < -0.39 is 4.92 Å². The molecule has 3 rings (SSSR count). The molecule has 1 aromatic carbocycles. The average molecular weight is 360 g/mol. The van der Waals surface area contributed by atoms with Gasteiger partial charge in [-0.05, 0) is 30.4 Å². The van der Waals surface area contributed by atoms with Gasteiger partial charge in [0.05, 0.1) is 9.80 Å². The van der Waals surface area contributed by atoms with Gasteiger partial charge in [-0.25, -0.2) is 0 Å². The third-order valence-corrected chi connectivity index (χ3v) is 5.25. The predicted molar refractivity (Wildman–Crippen MR) is 96.1 cm³/mol. The molecule has 0 unspecified atom stereocenters. The second kappa shape index (κ2) is 8.11. The Morgan fingerprint density at radius 3 is 2.80 bits per heavy atom. The summed E-state index contributed by atoms with van der Waals surface area (Å²) in [6.07, 6.45) is 5.68. The lowest BCUT2D eigenvalue weighted by molar-refractivity contribution is -0.385. The zero-order valence-electron chi connectivity index (χ0n) is 13.8. The number of ether oxygens (including phenoxy) is 1. The van der Waals surface area contributed by atoms with Crippen LogP contribution in [0.15, 0.2) is 35.7 Å². The first kappa shape index (κ1) is 17.4. The monoisotopic (exact) mass is 360 g/mol. The smallest absolute Gasteiger partial charge is 0.310 e. The summed E-state index contributed by atoms with van der Waals surface area (Å²) in [5.41, 5.74) is 0.768. The minimum absolute atomic E-state index is 0.0474. The summed E-state index contributed by atoms with van der Waals surface area (Å²) in [6, 6.07) is 8.34. The summed E-state index contributed by atoms with van der Waals surface area (Å²) in [4.78, 5) is 23.5. The molecule has 6 nitrogen and oxygen atoms in total. The second-order valence-corrected chi connectivity index (χ2v) is 7.05. The van der Waals surface area contributed by atoms with E-state index in [-0.39, 0.29) is 30.0 Å². The number of rotatable bonds is 6. The van der Waals surface area contributed by atoms with Crippen LogP contribution in [0.1, 0.15) is 47.3 Å². The number of nitro benzene ring substituents is 1. The fourth-order valence-electron chi connectivity index (χ4n) is 2.96. The molecular formula is C18H20N2O4S. The van der Waals surface area contributed by atoms with E-state index >= 15 is 0 Å². The number of carbonyl (C=O) groups is 1. The Bertz CT molecular complexity index is 753. The lowest BCUT2D eigenvalue weighted by atomic mass is 9.95. The van der Waals surface area contributed by atoms with Crippen LogP contribution in [0.2, 0.25) is 0 Å². The third-order valence-electron chi connectivity index (χ3n) is 4.27. The van der Waals surface area contributed by atoms with Crippen LogP contribution in [0.3, 0.4) is 0 Å². The SMILES string of the molecule is O=C(NC1CCCCC1)c1cc(COc2ccccc2[N+](=O)[O-])cs1. The molecule has 1 aromatic heterocycles. The zero-order valence-corrected chi connectivity index (χ0v) is 14.6. The molecule has 7 heteroatoms. The number of para-hydroxylation sites is 2. The van der Waals surface area contributed by atoms with Crippen LogP contribution in [0.25, 0.3) is 0 Å². The van der Waals surface area contributed by atoms with Crippen LogP contribution >= 0.6 is 11.3 Å². The Kier molecular flexibility index (Phi) is 5.65. The van der Waals surface area contributed by atoms with E-state index in [2.05, 4.69) is 5.32 Å². The molecule has 0 radical (unpaired) electrons. The number of benzene rings is 1. The van der Waals surface area contributed by atoms with Crippen LogP contribution in [0.5, 0.6) is 5.75 Å². The summed E-state index contributed by atoms with van der Waals surface area (Å²) < 4.78 is 5.56. The minimum Gasteiger partial charge on any atom is -0.482 e. The van der Waals surface area contributed by atoms with Crippen LogP contribution in [0, 0.1) is 10.1 Å². The van der Waals surface area contributed by atoms with Gasteiger partial charge in [0.15, 0.2) is 5.75 Å². The van der Waals surface area contributed by atoms with E-state index in [4.69, 9.17) is 4.74 Å². The molecule has 1 heterocycles. The van der Waals surface area contributed by atoms with Gasteiger partial charge in [-0.15, -0.1) is 11.3 Å². The van der Waals surface area contributed by atoms with E-state index in [9.17, 15) is 14.9 Å². The van der Waals surface area contributed by atoms with Crippen LogP contribution in [0.4, 0.5) is 5.69 Å². The molecule has 1 saturated carbocycles. The van der Waals surface area contributed by atoms with E-state index in [1.54, 1.807) is 24.3 Å². The molecule has 0 aliphatic heterocycles. The first-order valence-electron chi connectivity index (χ1n) is 8.38. The normalized spacial score (nSPS) is 14.9. The highest BCUT2D eigenvalue weighted by Crippen LogP contribution is 2.27. The highest BCUT2D eigenvalue weighted by Gasteiger charge is 2.18. The van der Waals surface area contributed by atoms with Crippen molar-refractivity contribution >= 4 is 22.9 Å². The first-order valence-corrected chi connectivity index (χ1v) is 9.26. The molecule has 0 atom stereocenters. The van der Waals surface area contributed by atoms with Crippen molar-refractivity contribution in [3.63, 3.8) is 0 Å². The summed E-state index contributed by atoms with van der Waals surface area (Å²) >= 11 is 1.37. The molecule has 25 heavy (non-hydrogen) atoms. The molecule has 0 spiro atoms. The van der Waals surface area contributed by atoms with Gasteiger partial charge in [-0.2, -0.15) is 0 Å². The van der Waals surface area contributed by atoms with Crippen molar-refractivity contribution in [1.29, 1.82) is 0 Å². The van der Waals surface area contributed by atoms with E-state index in [1.807, 2.05) is 5.38 Å². The number of amides is 1. The molecule has 1 fully saturated rings. The standard InChI is InChI=1S/C18H20N2O4S/c21-18(19-14-6-2-1-3-7-14)17-10-13(12-25-17)11-24-16-9-5-4-8-15(16)20(22)23/h4-5,8-10,12,14H,1-3,6-7,11H2,(H,19,21). The number of nitrogens with one attached hydrogen (secondary N) is 1. The van der Waals surface area contributed by atoms with Gasteiger partial charge in [0.25, 0.3) is 5.91 Å². The number of nitro groups is 1. The van der Waals surface area contributed by atoms with E-state index in [1.165, 1.54) is 36.7 Å². The molecule has 132 valence electrons. The molecule has 0 saturated heterocycles. The van der Waals surface area contributed by atoms with Crippen LogP contribution < -0.4 is 10.1 Å². The lowest BCUT2D eigenvalue weighted by Gasteiger charge is -2.22. The van der Waals surface area contributed by atoms with Gasteiger partial charge in [-0.1, -0.05) is 31.4 Å². The molecular weight excluding hydrogens is 340 g/mol. The quantitative estimate of drug-likeness (QED) is 0.615. The molecule has 1 amide bonds. The molecule has 1 aliphatic rings. The molecule has 2 aromatic rings. The van der Waals surface area contributed by atoms with Crippen molar-refractivity contribution in [2.45, 2.75) is 44.8 Å². The second-order valence-electron chi connectivity index (χ2n) is 6.14. The Morgan fingerprint density at radius 1 is 1.28 bits per heavy atom. The molecule has 1 N–H and O–H groups in total.